The molecule has 4 unspecified atom stereocenters. The zero-order valence-corrected chi connectivity index (χ0v) is 30.6. The number of hydrogen-bond acceptors (Lipinski definition) is 9. The van der Waals surface area contributed by atoms with Gasteiger partial charge in [0.1, 0.15) is 12.2 Å². The van der Waals surface area contributed by atoms with Gasteiger partial charge in [-0.25, -0.2) is 23.2 Å². The normalized spacial score (nSPS) is 27.8. The highest BCUT2D eigenvalue weighted by Gasteiger charge is 2.80. The zero-order valence-electron chi connectivity index (χ0n) is 30.6. The molecule has 0 aromatic heterocycles. The van der Waals surface area contributed by atoms with Crippen LogP contribution in [-0.4, -0.2) is 91.1 Å². The standard InChI is InChI=1S/C25H32F2O10.C10H18O2.C2H6/c1-6-8-16(7-2)11-14(4)18(35-15(5)28)13(3)9-10-24-17(29)12-23(37-24,21(30)31)25(34,22(32)33)19(36-24)20(26)27;1-4-8(2)7-9(3)5-6-10(11)12;1-2/h6-8,14,17-20,29,34H,1-3,9-12H2,4-5H3,(H,30,31)(H,32,33);5-6,8-9H,4,7H2,1-3H3,(H,11,12);1-2H3/b16-8+;6-5+;/t14-,17-,18-,19?,23?,24?,25?;8-,9+;/m10./s1. The summed E-state index contributed by atoms with van der Waals surface area (Å²) in [7, 11) is 0. The number of alkyl halides is 2. The van der Waals surface area contributed by atoms with Crippen molar-refractivity contribution < 1.29 is 67.7 Å². The van der Waals surface area contributed by atoms with Crippen LogP contribution in [0.15, 0.2) is 61.3 Å². The van der Waals surface area contributed by atoms with Crippen molar-refractivity contribution in [1.29, 1.82) is 0 Å². The van der Waals surface area contributed by atoms with Crippen LogP contribution in [0.25, 0.3) is 0 Å². The minimum Gasteiger partial charge on any atom is -0.479 e. The number of esters is 1. The molecule has 12 nitrogen and oxygen atoms in total. The van der Waals surface area contributed by atoms with Crippen LogP contribution >= 0.6 is 0 Å². The number of carboxylic acid groups (broad SMARTS) is 3. The van der Waals surface area contributed by atoms with Crippen molar-refractivity contribution in [2.45, 2.75) is 129 Å². The Balaban J connectivity index is 0.00000151. The van der Waals surface area contributed by atoms with Crippen LogP contribution < -0.4 is 0 Å². The van der Waals surface area contributed by atoms with Gasteiger partial charge in [0, 0.05) is 31.8 Å². The van der Waals surface area contributed by atoms with E-state index in [1.54, 1.807) is 31.2 Å². The van der Waals surface area contributed by atoms with E-state index in [2.05, 4.69) is 33.6 Å². The number of halogens is 2. The Bertz CT molecular complexity index is 1300. The first-order valence-electron chi connectivity index (χ1n) is 16.9. The second-order valence-electron chi connectivity index (χ2n) is 12.7. The number of aliphatic hydroxyl groups is 2. The third kappa shape index (κ3) is 11.9. The first-order valence-corrected chi connectivity index (χ1v) is 16.9. The molecule has 2 aliphatic rings. The molecule has 2 fully saturated rings. The van der Waals surface area contributed by atoms with Gasteiger partial charge in [-0.15, -0.1) is 0 Å². The molecule has 2 heterocycles. The minimum atomic E-state index is -3.70. The molecule has 2 rings (SSSR count). The minimum absolute atomic E-state index is 0.162. The molecular weight excluding hydrogens is 674 g/mol. The van der Waals surface area contributed by atoms with Gasteiger partial charge in [0.2, 0.25) is 11.2 Å². The molecule has 2 saturated heterocycles. The van der Waals surface area contributed by atoms with Gasteiger partial charge in [0.15, 0.2) is 11.9 Å². The molecule has 14 heteroatoms. The Kier molecular flexibility index (Phi) is 19.4. The van der Waals surface area contributed by atoms with Gasteiger partial charge in [0.25, 0.3) is 6.43 Å². The van der Waals surface area contributed by atoms with Gasteiger partial charge in [-0.1, -0.05) is 92.0 Å². The molecule has 0 amide bonds. The fourth-order valence-corrected chi connectivity index (χ4v) is 6.03. The number of hydrogen-bond donors (Lipinski definition) is 5. The quantitative estimate of drug-likeness (QED) is 0.0472. The van der Waals surface area contributed by atoms with Crippen LogP contribution in [0.3, 0.4) is 0 Å². The topological polar surface area (TPSA) is 197 Å². The van der Waals surface area contributed by atoms with Gasteiger partial charge in [0.05, 0.1) is 0 Å². The SMILES string of the molecule is C=C/C=C(\C=C)C[C@@H](C)[C@H](OC(C)=O)C(=C)CCC12OC(C(F)F)C(O)(C(=O)O)C(C(=O)O)(C[C@H]1O)O2.CC.CC[C@H](C)C[C@H](C)/C=C/C(=O)O. The van der Waals surface area contributed by atoms with Crippen LogP contribution in [-0.2, 0) is 33.4 Å². The lowest BCUT2D eigenvalue weighted by Gasteiger charge is -2.49. The Morgan fingerprint density at radius 1 is 1.06 bits per heavy atom. The largest absolute Gasteiger partial charge is 0.479 e. The number of allylic oxidation sites excluding steroid dienone is 5. The molecular formula is C37H56F2O12. The molecule has 0 radical (unpaired) electrons. The van der Waals surface area contributed by atoms with E-state index in [9.17, 15) is 48.4 Å². The van der Waals surface area contributed by atoms with Crippen LogP contribution in [0.5, 0.6) is 0 Å². The molecule has 0 aliphatic carbocycles. The Morgan fingerprint density at radius 3 is 2.08 bits per heavy atom. The number of aliphatic carboxylic acids is 3. The zero-order chi connectivity index (χ0) is 39.9. The number of carbonyl (C=O) groups is 4. The van der Waals surface area contributed by atoms with Crippen LogP contribution in [0.1, 0.15) is 87.0 Å². The molecule has 2 bridgehead atoms. The van der Waals surface area contributed by atoms with E-state index in [1.807, 2.05) is 20.8 Å². The molecule has 0 spiro atoms. The van der Waals surface area contributed by atoms with Gasteiger partial charge < -0.3 is 39.7 Å². The lowest BCUT2D eigenvalue weighted by atomic mass is 9.76. The summed E-state index contributed by atoms with van der Waals surface area (Å²) < 4.78 is 43.8. The van der Waals surface area contributed by atoms with Crippen LogP contribution in [0.2, 0.25) is 0 Å². The fraction of sp³-hybridized carbons (Fsp3) is 0.622. The van der Waals surface area contributed by atoms with E-state index < -0.39 is 78.4 Å². The lowest BCUT2D eigenvalue weighted by Crippen LogP contribution is -2.75. The maximum absolute atomic E-state index is 13.9. The van der Waals surface area contributed by atoms with Crippen molar-refractivity contribution >= 4 is 23.9 Å². The molecule has 0 aromatic rings. The highest BCUT2D eigenvalue weighted by molar-refractivity contribution is 5.92. The predicted molar refractivity (Wildman–Crippen MR) is 186 cm³/mol. The maximum atomic E-state index is 13.9. The number of ether oxygens (including phenoxy) is 3. The summed E-state index contributed by atoms with van der Waals surface area (Å²) >= 11 is 0. The number of aliphatic hydroxyl groups excluding tert-OH is 1. The van der Waals surface area contributed by atoms with Gasteiger partial charge in [-0.2, -0.15) is 0 Å². The summed E-state index contributed by atoms with van der Waals surface area (Å²) in [6, 6.07) is 0. The summed E-state index contributed by atoms with van der Waals surface area (Å²) in [6.45, 7) is 24.6. The molecule has 0 aromatic carbocycles. The third-order valence-corrected chi connectivity index (χ3v) is 8.79. The molecule has 290 valence electrons. The van der Waals surface area contributed by atoms with Crippen molar-refractivity contribution in [3.63, 3.8) is 0 Å². The van der Waals surface area contributed by atoms with E-state index in [0.717, 1.165) is 18.4 Å². The van der Waals surface area contributed by atoms with Crippen molar-refractivity contribution in [2.75, 3.05) is 0 Å². The average Bonchev–Trinajstić information content (AvgIpc) is 3.33. The first-order chi connectivity index (χ1) is 23.7. The van der Waals surface area contributed by atoms with Crippen molar-refractivity contribution in [3.05, 3.63) is 61.3 Å². The summed E-state index contributed by atoms with van der Waals surface area (Å²) in [5, 5.41) is 49.0. The number of carbonyl (C=O) groups excluding carboxylic acids is 1. The molecule has 9 atom stereocenters. The molecule has 5 N–H and O–H groups in total. The summed E-state index contributed by atoms with van der Waals surface area (Å²) in [4.78, 5) is 45.9. The van der Waals surface area contributed by atoms with Crippen molar-refractivity contribution in [1.82, 2.24) is 0 Å². The number of fused-ring (bicyclic) bond motifs is 2. The van der Waals surface area contributed by atoms with E-state index in [4.69, 9.17) is 19.3 Å². The Labute approximate surface area is 299 Å². The van der Waals surface area contributed by atoms with E-state index >= 15 is 0 Å². The van der Waals surface area contributed by atoms with Crippen LogP contribution in [0.4, 0.5) is 8.78 Å². The molecule has 51 heavy (non-hydrogen) atoms. The average molecular weight is 731 g/mol. The molecule has 0 saturated carbocycles. The second kappa shape index (κ2) is 21.0. The smallest absolute Gasteiger partial charge is 0.342 e. The van der Waals surface area contributed by atoms with E-state index in [-0.39, 0.29) is 17.9 Å². The lowest BCUT2D eigenvalue weighted by molar-refractivity contribution is -0.390. The van der Waals surface area contributed by atoms with Gasteiger partial charge in [-0.3, -0.25) is 4.79 Å². The van der Waals surface area contributed by atoms with Gasteiger partial charge in [-0.05, 0) is 42.2 Å². The second-order valence-corrected chi connectivity index (χ2v) is 12.7. The van der Waals surface area contributed by atoms with Gasteiger partial charge >= 0.3 is 23.9 Å². The summed E-state index contributed by atoms with van der Waals surface area (Å²) in [5.41, 5.74) is -5.75. The maximum Gasteiger partial charge on any atom is 0.342 e. The first kappa shape index (κ1) is 47.3. The number of carboxylic acids is 3. The Morgan fingerprint density at radius 2 is 1.65 bits per heavy atom. The monoisotopic (exact) mass is 730 g/mol. The number of rotatable bonds is 18. The highest BCUT2D eigenvalue weighted by atomic mass is 19.3. The van der Waals surface area contributed by atoms with Crippen molar-refractivity contribution in [2.24, 2.45) is 17.8 Å². The third-order valence-electron chi connectivity index (χ3n) is 8.79. The van der Waals surface area contributed by atoms with E-state index in [1.165, 1.54) is 13.0 Å². The summed E-state index contributed by atoms with van der Waals surface area (Å²) in [6.07, 6.45) is -0.397. The highest BCUT2D eigenvalue weighted by Crippen LogP contribution is 2.55. The molecule has 2 aliphatic heterocycles. The van der Waals surface area contributed by atoms with Crippen LogP contribution in [0, 0.1) is 17.8 Å². The van der Waals surface area contributed by atoms with Crippen molar-refractivity contribution in [3.8, 4) is 0 Å². The van der Waals surface area contributed by atoms with E-state index in [0.29, 0.717) is 18.3 Å². The summed E-state index contributed by atoms with van der Waals surface area (Å²) in [5.74, 6) is -7.53. The fourth-order valence-electron chi connectivity index (χ4n) is 6.03. The Hall–Kier alpha value is -3.72. The predicted octanol–water partition coefficient (Wildman–Crippen LogP) is 6.09.